The lowest BCUT2D eigenvalue weighted by molar-refractivity contribution is -0.133. The number of amides is 2. The number of rotatable bonds is 6. The van der Waals surface area contributed by atoms with Gasteiger partial charge in [-0.3, -0.25) is 9.59 Å². The lowest BCUT2D eigenvalue weighted by Gasteiger charge is -2.14. The van der Waals surface area contributed by atoms with Gasteiger partial charge in [0.2, 0.25) is 11.8 Å². The number of carbonyl (C=O) groups excluding carboxylic acids is 2. The largest absolute Gasteiger partial charge is 0.353 e. The standard InChI is InChI=1S/C10H19N3O2/c1-2-11-5-6-12-9(14)8-13-7-3-4-10(13)15/h11H,2-8H2,1H3,(H,12,14). The van der Waals surface area contributed by atoms with Gasteiger partial charge in [0.1, 0.15) is 0 Å². The molecule has 0 aromatic rings. The molecule has 1 aliphatic rings. The van der Waals surface area contributed by atoms with E-state index in [9.17, 15) is 9.59 Å². The summed E-state index contributed by atoms with van der Waals surface area (Å²) in [7, 11) is 0. The van der Waals surface area contributed by atoms with Gasteiger partial charge in [0.05, 0.1) is 6.54 Å². The number of carbonyl (C=O) groups is 2. The third kappa shape index (κ3) is 4.29. The van der Waals surface area contributed by atoms with E-state index in [1.165, 1.54) is 0 Å². The van der Waals surface area contributed by atoms with Crippen molar-refractivity contribution in [1.82, 2.24) is 15.5 Å². The van der Waals surface area contributed by atoms with Crippen molar-refractivity contribution in [1.29, 1.82) is 0 Å². The topological polar surface area (TPSA) is 61.4 Å². The van der Waals surface area contributed by atoms with E-state index in [-0.39, 0.29) is 18.4 Å². The van der Waals surface area contributed by atoms with Crippen molar-refractivity contribution in [2.45, 2.75) is 19.8 Å². The normalized spacial score (nSPS) is 15.8. The van der Waals surface area contributed by atoms with Gasteiger partial charge in [-0.25, -0.2) is 0 Å². The maximum absolute atomic E-state index is 11.4. The van der Waals surface area contributed by atoms with Crippen LogP contribution < -0.4 is 10.6 Å². The first-order chi connectivity index (χ1) is 7.24. The van der Waals surface area contributed by atoms with Crippen molar-refractivity contribution in [3.05, 3.63) is 0 Å². The third-order valence-electron chi connectivity index (χ3n) is 2.38. The molecule has 0 unspecified atom stereocenters. The molecule has 1 aliphatic heterocycles. The minimum absolute atomic E-state index is 0.0665. The molecule has 86 valence electrons. The fourth-order valence-electron chi connectivity index (χ4n) is 1.57. The van der Waals surface area contributed by atoms with E-state index in [0.717, 1.165) is 26.1 Å². The van der Waals surface area contributed by atoms with Crippen molar-refractivity contribution in [2.24, 2.45) is 0 Å². The van der Waals surface area contributed by atoms with E-state index in [0.29, 0.717) is 13.0 Å². The maximum atomic E-state index is 11.4. The summed E-state index contributed by atoms with van der Waals surface area (Å²) in [4.78, 5) is 24.2. The Balaban J connectivity index is 2.10. The molecule has 0 aromatic carbocycles. The Labute approximate surface area is 90.2 Å². The van der Waals surface area contributed by atoms with Crippen molar-refractivity contribution in [3.8, 4) is 0 Å². The highest BCUT2D eigenvalue weighted by molar-refractivity contribution is 5.85. The van der Waals surface area contributed by atoms with Crippen molar-refractivity contribution < 1.29 is 9.59 Å². The summed E-state index contributed by atoms with van der Waals surface area (Å²) in [5.74, 6) is 0.0278. The minimum Gasteiger partial charge on any atom is -0.353 e. The first kappa shape index (κ1) is 12.0. The molecule has 0 bridgehead atoms. The maximum Gasteiger partial charge on any atom is 0.239 e. The molecular formula is C10H19N3O2. The molecule has 0 aromatic heterocycles. The molecule has 1 fully saturated rings. The summed E-state index contributed by atoms with van der Waals surface area (Å²) in [6, 6.07) is 0. The van der Waals surface area contributed by atoms with E-state index >= 15 is 0 Å². The van der Waals surface area contributed by atoms with Gasteiger partial charge in [-0.15, -0.1) is 0 Å². The van der Waals surface area contributed by atoms with Gasteiger partial charge in [-0.2, -0.15) is 0 Å². The van der Waals surface area contributed by atoms with E-state index in [1.54, 1.807) is 4.90 Å². The summed E-state index contributed by atoms with van der Waals surface area (Å²) in [6.45, 7) is 5.25. The van der Waals surface area contributed by atoms with Crippen molar-refractivity contribution in [2.75, 3.05) is 32.7 Å². The van der Waals surface area contributed by atoms with Gasteiger partial charge in [0.25, 0.3) is 0 Å². The fourth-order valence-corrected chi connectivity index (χ4v) is 1.57. The molecule has 0 spiro atoms. The van der Waals surface area contributed by atoms with E-state index < -0.39 is 0 Å². The number of hydrogen-bond donors (Lipinski definition) is 2. The van der Waals surface area contributed by atoms with Gasteiger partial charge in [0, 0.05) is 26.1 Å². The van der Waals surface area contributed by atoms with Gasteiger partial charge in [0.15, 0.2) is 0 Å². The summed E-state index contributed by atoms with van der Waals surface area (Å²) >= 11 is 0. The van der Waals surface area contributed by atoms with Crippen LogP contribution in [0.2, 0.25) is 0 Å². The molecule has 1 saturated heterocycles. The molecule has 2 N–H and O–H groups in total. The average Bonchev–Trinajstić information content (AvgIpc) is 2.59. The van der Waals surface area contributed by atoms with Crippen molar-refractivity contribution >= 4 is 11.8 Å². The number of likely N-dealkylation sites (N-methyl/N-ethyl adjacent to an activating group) is 1. The van der Waals surface area contributed by atoms with Crippen LogP contribution >= 0.6 is 0 Å². The molecule has 0 radical (unpaired) electrons. The van der Waals surface area contributed by atoms with Gasteiger partial charge < -0.3 is 15.5 Å². The Morgan fingerprint density at radius 1 is 1.47 bits per heavy atom. The van der Waals surface area contributed by atoms with Gasteiger partial charge >= 0.3 is 0 Å². The van der Waals surface area contributed by atoms with Gasteiger partial charge in [-0.05, 0) is 13.0 Å². The van der Waals surface area contributed by atoms with Crippen LogP contribution in [0.3, 0.4) is 0 Å². The van der Waals surface area contributed by atoms with E-state index in [1.807, 2.05) is 6.92 Å². The number of likely N-dealkylation sites (tertiary alicyclic amines) is 1. The van der Waals surface area contributed by atoms with E-state index in [4.69, 9.17) is 0 Å². The molecule has 2 amide bonds. The van der Waals surface area contributed by atoms with E-state index in [2.05, 4.69) is 10.6 Å². The number of nitrogens with zero attached hydrogens (tertiary/aromatic N) is 1. The fraction of sp³-hybridized carbons (Fsp3) is 0.800. The summed E-state index contributed by atoms with van der Waals surface area (Å²) < 4.78 is 0. The van der Waals surface area contributed by atoms with Crippen LogP contribution in [-0.2, 0) is 9.59 Å². The lowest BCUT2D eigenvalue weighted by atomic mass is 10.4. The Morgan fingerprint density at radius 2 is 2.27 bits per heavy atom. The predicted molar refractivity (Wildman–Crippen MR) is 57.4 cm³/mol. The third-order valence-corrected chi connectivity index (χ3v) is 2.38. The average molecular weight is 213 g/mol. The SMILES string of the molecule is CCNCCNC(=O)CN1CCCC1=O. The first-order valence-corrected chi connectivity index (χ1v) is 5.49. The zero-order valence-electron chi connectivity index (χ0n) is 9.21. The van der Waals surface area contributed by atoms with Crippen LogP contribution in [0, 0.1) is 0 Å². The molecule has 5 nitrogen and oxygen atoms in total. The van der Waals surface area contributed by atoms with Gasteiger partial charge in [-0.1, -0.05) is 6.92 Å². The van der Waals surface area contributed by atoms with Crippen LogP contribution in [0.15, 0.2) is 0 Å². The Bertz CT molecular complexity index is 231. The van der Waals surface area contributed by atoms with Crippen LogP contribution in [-0.4, -0.2) is 49.4 Å². The van der Waals surface area contributed by atoms with Crippen LogP contribution in [0.25, 0.3) is 0 Å². The highest BCUT2D eigenvalue weighted by atomic mass is 16.2. The second-order valence-electron chi connectivity index (χ2n) is 3.62. The summed E-state index contributed by atoms with van der Waals surface area (Å²) in [5, 5.41) is 5.88. The predicted octanol–water partition coefficient (Wildman–Crippen LogP) is -0.665. The molecule has 0 saturated carbocycles. The van der Waals surface area contributed by atoms with Crippen LogP contribution in [0.5, 0.6) is 0 Å². The van der Waals surface area contributed by atoms with Crippen LogP contribution in [0.4, 0.5) is 0 Å². The second-order valence-corrected chi connectivity index (χ2v) is 3.62. The Hall–Kier alpha value is -1.10. The highest BCUT2D eigenvalue weighted by Gasteiger charge is 2.21. The first-order valence-electron chi connectivity index (χ1n) is 5.49. The summed E-state index contributed by atoms with van der Waals surface area (Å²) in [6.07, 6.45) is 1.47. The smallest absolute Gasteiger partial charge is 0.239 e. The van der Waals surface area contributed by atoms with Crippen LogP contribution in [0.1, 0.15) is 19.8 Å². The summed E-state index contributed by atoms with van der Waals surface area (Å²) in [5.41, 5.74) is 0. The minimum atomic E-state index is -0.0665. The Kier molecular flexibility index (Phi) is 5.10. The Morgan fingerprint density at radius 3 is 2.87 bits per heavy atom. The molecule has 0 atom stereocenters. The zero-order chi connectivity index (χ0) is 11.1. The molecule has 1 rings (SSSR count). The molecule has 5 heteroatoms. The monoisotopic (exact) mass is 213 g/mol. The quantitative estimate of drug-likeness (QED) is 0.576. The number of hydrogen-bond acceptors (Lipinski definition) is 3. The zero-order valence-corrected chi connectivity index (χ0v) is 9.21. The molecule has 15 heavy (non-hydrogen) atoms. The van der Waals surface area contributed by atoms with Crippen molar-refractivity contribution in [3.63, 3.8) is 0 Å². The lowest BCUT2D eigenvalue weighted by Crippen LogP contribution is -2.40. The highest BCUT2D eigenvalue weighted by Crippen LogP contribution is 2.08. The molecule has 1 heterocycles. The molecular weight excluding hydrogens is 194 g/mol. The molecule has 0 aliphatic carbocycles. The number of nitrogens with one attached hydrogen (secondary N) is 2. The second kappa shape index (κ2) is 6.40.